The van der Waals surface area contributed by atoms with E-state index in [0.29, 0.717) is 0 Å². The predicted molar refractivity (Wildman–Crippen MR) is 24.2 cm³/mol. The molecule has 0 radical (unpaired) electrons. The van der Waals surface area contributed by atoms with E-state index in [1.165, 1.54) is 0 Å². The Bertz CT molecular complexity index is 80.0. The molecular formula is C5H5ArN. The monoisotopic (exact) mass is 119 g/mol. The molecule has 0 aromatic carbocycles. The largest absolute Gasteiger partial charge is 0.265 e. The topological polar surface area (TPSA) is 12.9 Å². The van der Waals surface area contributed by atoms with Crippen LogP contribution < -0.4 is 0 Å². The molecule has 0 aliphatic rings. The van der Waals surface area contributed by atoms with Gasteiger partial charge in [-0.1, -0.05) is 6.07 Å². The maximum Gasteiger partial charge on any atom is 0.0267 e. The zero-order chi connectivity index (χ0) is 4.24. The van der Waals surface area contributed by atoms with Crippen molar-refractivity contribution in [3.05, 3.63) is 30.6 Å². The summed E-state index contributed by atoms with van der Waals surface area (Å²) in [6.07, 6.45) is 3.50. The molecule has 1 aromatic heterocycles. The molecule has 0 aliphatic carbocycles. The van der Waals surface area contributed by atoms with Gasteiger partial charge in [0.1, 0.15) is 0 Å². The van der Waals surface area contributed by atoms with Crippen molar-refractivity contribution in [1.29, 1.82) is 0 Å². The maximum absolute atomic E-state index is 3.78. The van der Waals surface area contributed by atoms with Crippen LogP contribution in [0.3, 0.4) is 0 Å². The summed E-state index contributed by atoms with van der Waals surface area (Å²) in [5.41, 5.74) is 0. The molecule has 1 nitrogen and oxygen atoms in total. The van der Waals surface area contributed by atoms with Crippen molar-refractivity contribution < 1.29 is 37.7 Å². The number of nitrogens with zero attached hydrogens (tertiary/aromatic N) is 1. The van der Waals surface area contributed by atoms with Gasteiger partial charge in [0.2, 0.25) is 0 Å². The average molecular weight is 119 g/mol. The summed E-state index contributed by atoms with van der Waals surface area (Å²) >= 11 is 0. The van der Waals surface area contributed by atoms with E-state index in [2.05, 4.69) is 4.98 Å². The first-order chi connectivity index (χ1) is 3.00. The van der Waals surface area contributed by atoms with E-state index >= 15 is 0 Å². The second-order valence-corrected chi connectivity index (χ2v) is 1.02. The molecule has 1 rings (SSSR count). The Morgan fingerprint density at radius 3 is 1.57 bits per heavy atom. The summed E-state index contributed by atoms with van der Waals surface area (Å²) < 4.78 is 0. The van der Waals surface area contributed by atoms with E-state index in [1.54, 1.807) is 12.4 Å². The van der Waals surface area contributed by atoms with Crippen molar-refractivity contribution in [3.63, 3.8) is 0 Å². The quantitative estimate of drug-likeness (QED) is 0.498. The molecule has 0 aliphatic heterocycles. The molecule has 0 atom stereocenters. The normalized spacial score (nSPS) is 6.86. The number of aromatic nitrogens is 1. The molecule has 0 spiro atoms. The molecule has 0 N–H and O–H groups in total. The summed E-state index contributed by atoms with van der Waals surface area (Å²) in [6.45, 7) is 0. The van der Waals surface area contributed by atoms with Gasteiger partial charge in [-0.15, -0.1) is 0 Å². The van der Waals surface area contributed by atoms with Crippen molar-refractivity contribution in [2.24, 2.45) is 0 Å². The Morgan fingerprint density at radius 1 is 0.857 bits per heavy atom. The van der Waals surface area contributed by atoms with E-state index in [9.17, 15) is 0 Å². The van der Waals surface area contributed by atoms with Gasteiger partial charge in [-0.2, -0.15) is 0 Å². The van der Waals surface area contributed by atoms with Crippen molar-refractivity contribution in [2.75, 3.05) is 0 Å². The van der Waals surface area contributed by atoms with Gasteiger partial charge in [-0.25, -0.2) is 0 Å². The smallest absolute Gasteiger partial charge is 0.0267 e. The zero-order valence-electron chi connectivity index (χ0n) is 3.69. The first-order valence-electron chi connectivity index (χ1n) is 1.85. The van der Waals surface area contributed by atoms with Crippen molar-refractivity contribution in [2.45, 2.75) is 0 Å². The Balaban J connectivity index is 0.000000360. The second-order valence-electron chi connectivity index (χ2n) is 1.02. The predicted octanol–water partition coefficient (Wildman–Crippen LogP) is 1.08. The molecule has 38 valence electrons. The fourth-order valence-corrected chi connectivity index (χ4v) is 0.313. The fourth-order valence-electron chi connectivity index (χ4n) is 0.313. The Morgan fingerprint density at radius 2 is 1.43 bits per heavy atom. The molecule has 0 amide bonds. The number of rotatable bonds is 0. The number of hydrogen-bond acceptors (Lipinski definition) is 1. The van der Waals surface area contributed by atoms with Crippen LogP contribution in [0.15, 0.2) is 30.6 Å². The Hall–Kier alpha value is 0.410. The molecule has 2 heteroatoms. The molecule has 1 heterocycles. The standard InChI is InChI=1S/C5H5N.Ar/c1-2-4-6-5-3-1;/h1-5H;. The molecule has 7 heavy (non-hydrogen) atoms. The minimum atomic E-state index is 0. The van der Waals surface area contributed by atoms with Gasteiger partial charge in [-0.05, 0) is 12.1 Å². The van der Waals surface area contributed by atoms with E-state index in [0.717, 1.165) is 0 Å². The van der Waals surface area contributed by atoms with E-state index in [1.807, 2.05) is 18.2 Å². The maximum atomic E-state index is 3.78. The van der Waals surface area contributed by atoms with Gasteiger partial charge < -0.3 is 0 Å². The van der Waals surface area contributed by atoms with E-state index < -0.39 is 0 Å². The van der Waals surface area contributed by atoms with Crippen LogP contribution in [0.4, 0.5) is 0 Å². The third-order valence-corrected chi connectivity index (χ3v) is 0.566. The number of hydrogen-bond donors (Lipinski definition) is 0. The SMILES string of the molecule is [Ar].c1ccncc1. The molecule has 0 saturated heterocycles. The van der Waals surface area contributed by atoms with E-state index in [-0.39, 0.29) is 37.7 Å². The third-order valence-electron chi connectivity index (χ3n) is 0.566. The Labute approximate surface area is 72.8 Å². The summed E-state index contributed by atoms with van der Waals surface area (Å²) in [7, 11) is 0. The van der Waals surface area contributed by atoms with Crippen LogP contribution in [0.1, 0.15) is 0 Å². The molecule has 1 aromatic rings. The molecule has 0 bridgehead atoms. The van der Waals surface area contributed by atoms with Crippen molar-refractivity contribution in [3.8, 4) is 0 Å². The Kier molecular flexibility index (Phi) is 4.83. The molecule has 0 unspecified atom stereocenters. The summed E-state index contributed by atoms with van der Waals surface area (Å²) in [6, 6.07) is 5.72. The first-order valence-corrected chi connectivity index (χ1v) is 1.85. The minimum absolute atomic E-state index is 0. The van der Waals surface area contributed by atoms with Crippen LogP contribution in [0.25, 0.3) is 0 Å². The molecule has 0 saturated carbocycles. The van der Waals surface area contributed by atoms with Crippen LogP contribution in [0, 0.1) is 37.7 Å². The zero-order valence-corrected chi connectivity index (χ0v) is 4.39. The van der Waals surface area contributed by atoms with Crippen LogP contribution in [-0.2, 0) is 0 Å². The summed E-state index contributed by atoms with van der Waals surface area (Å²) in [5, 5.41) is 0. The van der Waals surface area contributed by atoms with Crippen LogP contribution in [0.5, 0.6) is 0 Å². The molecule has 0 fully saturated rings. The van der Waals surface area contributed by atoms with Crippen LogP contribution in [-0.4, -0.2) is 4.98 Å². The van der Waals surface area contributed by atoms with Gasteiger partial charge in [0.25, 0.3) is 0 Å². The third kappa shape index (κ3) is 3.03. The first kappa shape index (κ1) is 7.41. The summed E-state index contributed by atoms with van der Waals surface area (Å²) in [5.74, 6) is 0. The van der Waals surface area contributed by atoms with Crippen LogP contribution >= 0.6 is 0 Å². The average Bonchev–Trinajstić information content (AvgIpc) is 1.72. The van der Waals surface area contributed by atoms with Gasteiger partial charge in [-0.3, -0.25) is 4.98 Å². The van der Waals surface area contributed by atoms with Gasteiger partial charge >= 0.3 is 0 Å². The fraction of sp³-hybridized carbons (Fsp3) is 0. The second kappa shape index (κ2) is 4.57. The van der Waals surface area contributed by atoms with E-state index in [4.69, 9.17) is 0 Å². The van der Waals surface area contributed by atoms with Crippen molar-refractivity contribution in [1.82, 2.24) is 4.98 Å². The van der Waals surface area contributed by atoms with Gasteiger partial charge in [0, 0.05) is 50.1 Å². The van der Waals surface area contributed by atoms with Gasteiger partial charge in [0.05, 0.1) is 0 Å². The van der Waals surface area contributed by atoms with Crippen LogP contribution in [0.2, 0.25) is 0 Å². The number of pyridine rings is 1. The summed E-state index contributed by atoms with van der Waals surface area (Å²) in [4.78, 5) is 3.78. The minimum Gasteiger partial charge on any atom is -0.265 e. The van der Waals surface area contributed by atoms with Crippen molar-refractivity contribution >= 4 is 0 Å². The molecular weight excluding hydrogens is 114 g/mol. The van der Waals surface area contributed by atoms with Gasteiger partial charge in [0.15, 0.2) is 0 Å².